The Morgan fingerprint density at radius 1 is 1.53 bits per heavy atom. The number of thioether (sulfide) groups is 1. The molecule has 0 aliphatic rings. The molecule has 0 unspecified atom stereocenters. The molecule has 90 valence electrons. The van der Waals surface area contributed by atoms with Crippen LogP contribution in [0.1, 0.15) is 17.5 Å². The number of hydrogen-bond donors (Lipinski definition) is 0. The largest absolute Gasteiger partial charge is 0.464 e. The van der Waals surface area contributed by atoms with E-state index in [9.17, 15) is 4.79 Å². The number of rotatable bonds is 4. The number of ether oxygens (including phenoxy) is 1. The van der Waals surface area contributed by atoms with E-state index < -0.39 is 5.97 Å². The van der Waals surface area contributed by atoms with Gasteiger partial charge in [0.2, 0.25) is 5.76 Å². The average molecular weight is 252 g/mol. The standard InChI is InChI=1S/C12H12O4S/c1-3-14-12(13)11-8(7-10(16-11)17-2)9-5-4-6-15-9/h4-7H,3H2,1-2H3. The molecule has 2 rings (SSSR count). The third kappa shape index (κ3) is 2.39. The smallest absolute Gasteiger partial charge is 0.375 e. The van der Waals surface area contributed by atoms with Crippen LogP contribution in [0.3, 0.4) is 0 Å². The zero-order valence-electron chi connectivity index (χ0n) is 9.56. The molecule has 0 bridgehead atoms. The van der Waals surface area contributed by atoms with Gasteiger partial charge in [-0.05, 0) is 25.3 Å². The van der Waals surface area contributed by atoms with Gasteiger partial charge in [-0.1, -0.05) is 11.8 Å². The third-order valence-corrected chi connectivity index (χ3v) is 2.76. The van der Waals surface area contributed by atoms with Gasteiger partial charge < -0.3 is 13.6 Å². The van der Waals surface area contributed by atoms with Crippen LogP contribution in [0.25, 0.3) is 11.3 Å². The fraction of sp³-hybridized carbons (Fsp3) is 0.250. The third-order valence-electron chi connectivity index (χ3n) is 2.16. The number of carbonyl (C=O) groups is 1. The molecule has 0 saturated heterocycles. The first-order chi connectivity index (χ1) is 8.26. The van der Waals surface area contributed by atoms with Crippen molar-refractivity contribution in [3.8, 4) is 11.3 Å². The van der Waals surface area contributed by atoms with Gasteiger partial charge in [-0.3, -0.25) is 0 Å². The fourth-order valence-electron chi connectivity index (χ4n) is 1.43. The molecule has 0 amide bonds. The lowest BCUT2D eigenvalue weighted by molar-refractivity contribution is 0.0485. The predicted molar refractivity (Wildman–Crippen MR) is 64.1 cm³/mol. The van der Waals surface area contributed by atoms with Crippen molar-refractivity contribution in [2.75, 3.05) is 12.9 Å². The van der Waals surface area contributed by atoms with E-state index in [1.165, 1.54) is 11.8 Å². The molecule has 2 heterocycles. The van der Waals surface area contributed by atoms with Crippen LogP contribution in [-0.2, 0) is 4.74 Å². The summed E-state index contributed by atoms with van der Waals surface area (Å²) in [4.78, 5) is 11.7. The van der Waals surface area contributed by atoms with Crippen molar-refractivity contribution in [3.63, 3.8) is 0 Å². The Kier molecular flexibility index (Phi) is 3.58. The molecule has 4 nitrogen and oxygen atoms in total. The van der Waals surface area contributed by atoms with Crippen molar-refractivity contribution in [2.24, 2.45) is 0 Å². The summed E-state index contributed by atoms with van der Waals surface area (Å²) >= 11 is 1.42. The molecule has 0 aromatic carbocycles. The van der Waals surface area contributed by atoms with Gasteiger partial charge in [-0.15, -0.1) is 0 Å². The summed E-state index contributed by atoms with van der Waals surface area (Å²) in [7, 11) is 0. The maximum atomic E-state index is 11.7. The summed E-state index contributed by atoms with van der Waals surface area (Å²) < 4.78 is 15.6. The molecule has 0 aliphatic carbocycles. The summed E-state index contributed by atoms with van der Waals surface area (Å²) in [5.74, 6) is 0.308. The number of esters is 1. The lowest BCUT2D eigenvalue weighted by Gasteiger charge is -1.99. The quantitative estimate of drug-likeness (QED) is 0.616. The van der Waals surface area contributed by atoms with Crippen LogP contribution in [0.5, 0.6) is 0 Å². The van der Waals surface area contributed by atoms with E-state index >= 15 is 0 Å². The molecule has 0 spiro atoms. The van der Waals surface area contributed by atoms with Crippen molar-refractivity contribution >= 4 is 17.7 Å². The van der Waals surface area contributed by atoms with E-state index in [0.717, 1.165) is 0 Å². The van der Waals surface area contributed by atoms with Gasteiger partial charge >= 0.3 is 5.97 Å². The molecule has 0 radical (unpaired) electrons. The molecule has 0 aliphatic heterocycles. The SMILES string of the molecule is CCOC(=O)c1oc(SC)cc1-c1ccco1. The first-order valence-corrected chi connectivity index (χ1v) is 6.37. The van der Waals surface area contributed by atoms with Gasteiger partial charge in [-0.25, -0.2) is 4.79 Å². The Morgan fingerprint density at radius 2 is 2.35 bits per heavy atom. The second-order valence-electron chi connectivity index (χ2n) is 3.21. The van der Waals surface area contributed by atoms with Gasteiger partial charge in [0.25, 0.3) is 0 Å². The highest BCUT2D eigenvalue weighted by molar-refractivity contribution is 7.98. The Bertz CT molecular complexity index is 499. The maximum absolute atomic E-state index is 11.7. The number of hydrogen-bond acceptors (Lipinski definition) is 5. The van der Waals surface area contributed by atoms with Crippen molar-refractivity contribution in [1.82, 2.24) is 0 Å². The van der Waals surface area contributed by atoms with Gasteiger partial charge in [0.15, 0.2) is 5.09 Å². The summed E-state index contributed by atoms with van der Waals surface area (Å²) in [6.45, 7) is 2.06. The van der Waals surface area contributed by atoms with Crippen molar-refractivity contribution in [1.29, 1.82) is 0 Å². The second-order valence-corrected chi connectivity index (χ2v) is 4.02. The maximum Gasteiger partial charge on any atom is 0.375 e. The molecule has 5 heteroatoms. The van der Waals surface area contributed by atoms with Crippen LogP contribution < -0.4 is 0 Å². The van der Waals surface area contributed by atoms with E-state index in [-0.39, 0.29) is 5.76 Å². The van der Waals surface area contributed by atoms with E-state index in [1.54, 1.807) is 31.4 Å². The van der Waals surface area contributed by atoms with Gasteiger partial charge in [0.1, 0.15) is 5.76 Å². The molecule has 0 atom stereocenters. The van der Waals surface area contributed by atoms with Crippen molar-refractivity contribution in [2.45, 2.75) is 12.0 Å². The molecular weight excluding hydrogens is 240 g/mol. The summed E-state index contributed by atoms with van der Waals surface area (Å²) in [5.41, 5.74) is 0.623. The van der Waals surface area contributed by atoms with Crippen LogP contribution >= 0.6 is 11.8 Å². The van der Waals surface area contributed by atoms with Crippen molar-refractivity contribution in [3.05, 3.63) is 30.2 Å². The normalized spacial score (nSPS) is 10.5. The minimum atomic E-state index is -0.473. The highest BCUT2D eigenvalue weighted by Gasteiger charge is 2.22. The molecule has 0 fully saturated rings. The zero-order chi connectivity index (χ0) is 12.3. The molecule has 0 N–H and O–H groups in total. The predicted octanol–water partition coefficient (Wildman–Crippen LogP) is 3.44. The highest BCUT2D eigenvalue weighted by atomic mass is 32.2. The Labute approximate surface area is 103 Å². The lowest BCUT2D eigenvalue weighted by atomic mass is 10.2. The van der Waals surface area contributed by atoms with Gasteiger partial charge in [0.05, 0.1) is 18.4 Å². The van der Waals surface area contributed by atoms with Crippen LogP contribution in [0.2, 0.25) is 0 Å². The van der Waals surface area contributed by atoms with Crippen LogP contribution in [0, 0.1) is 0 Å². The minimum Gasteiger partial charge on any atom is -0.464 e. The minimum absolute atomic E-state index is 0.186. The van der Waals surface area contributed by atoms with E-state index in [0.29, 0.717) is 23.0 Å². The molecule has 0 saturated carbocycles. The summed E-state index contributed by atoms with van der Waals surface area (Å²) in [6, 6.07) is 5.31. The Hall–Kier alpha value is -1.62. The number of carbonyl (C=O) groups excluding carboxylic acids is 1. The molecule has 17 heavy (non-hydrogen) atoms. The van der Waals surface area contributed by atoms with Gasteiger partial charge in [-0.2, -0.15) is 0 Å². The van der Waals surface area contributed by atoms with E-state index in [1.807, 2.05) is 6.26 Å². The average Bonchev–Trinajstić information content (AvgIpc) is 2.98. The Balaban J connectivity index is 2.43. The first-order valence-electron chi connectivity index (χ1n) is 5.15. The van der Waals surface area contributed by atoms with Crippen LogP contribution in [0.4, 0.5) is 0 Å². The van der Waals surface area contributed by atoms with Crippen LogP contribution in [0.15, 0.2) is 38.4 Å². The summed E-state index contributed by atoms with van der Waals surface area (Å²) in [5, 5.41) is 0.652. The fourth-order valence-corrected chi connectivity index (χ4v) is 1.83. The van der Waals surface area contributed by atoms with E-state index in [4.69, 9.17) is 13.6 Å². The lowest BCUT2D eigenvalue weighted by Crippen LogP contribution is -2.04. The summed E-state index contributed by atoms with van der Waals surface area (Å²) in [6.07, 6.45) is 3.43. The topological polar surface area (TPSA) is 52.6 Å². The van der Waals surface area contributed by atoms with Gasteiger partial charge in [0, 0.05) is 6.07 Å². The molecule has 2 aromatic heterocycles. The zero-order valence-corrected chi connectivity index (χ0v) is 10.4. The monoisotopic (exact) mass is 252 g/mol. The van der Waals surface area contributed by atoms with Crippen LogP contribution in [-0.4, -0.2) is 18.8 Å². The number of furan rings is 2. The molecular formula is C12H12O4S. The highest BCUT2D eigenvalue weighted by Crippen LogP contribution is 2.32. The first kappa shape index (κ1) is 11.9. The van der Waals surface area contributed by atoms with E-state index in [2.05, 4.69) is 0 Å². The Morgan fingerprint density at radius 3 is 2.94 bits per heavy atom. The van der Waals surface area contributed by atoms with Crippen molar-refractivity contribution < 1.29 is 18.4 Å². The molecule has 2 aromatic rings. The second kappa shape index (κ2) is 5.14.